The molecule has 1 saturated heterocycles. The summed E-state index contributed by atoms with van der Waals surface area (Å²) in [7, 11) is 0. The van der Waals surface area contributed by atoms with Crippen molar-refractivity contribution in [1.82, 2.24) is 9.55 Å². The number of carbonyl (C=O) groups is 2. The lowest BCUT2D eigenvalue weighted by Gasteiger charge is -2.32. The van der Waals surface area contributed by atoms with E-state index < -0.39 is 5.69 Å². The molecule has 34 heavy (non-hydrogen) atoms. The number of nitrogens with one attached hydrogen (secondary N) is 1. The van der Waals surface area contributed by atoms with Gasteiger partial charge in [-0.1, -0.05) is 37.3 Å². The summed E-state index contributed by atoms with van der Waals surface area (Å²) in [4.78, 5) is 44.4. The number of nitrogens with zero attached hydrogens (tertiary/aromatic N) is 3. The summed E-state index contributed by atoms with van der Waals surface area (Å²) in [5.74, 6) is 0.0254. The zero-order valence-corrected chi connectivity index (χ0v) is 19.6. The van der Waals surface area contributed by atoms with E-state index in [0.717, 1.165) is 23.1 Å². The van der Waals surface area contributed by atoms with Crippen LogP contribution in [0, 0.1) is 5.92 Å². The van der Waals surface area contributed by atoms with E-state index in [1.165, 1.54) is 4.57 Å². The first-order chi connectivity index (χ1) is 16.5. The molecule has 0 unspecified atom stereocenters. The molecule has 1 N–H and O–H groups in total. The number of rotatable bonds is 7. The molecule has 1 aliphatic heterocycles. The number of aryl methyl sites for hydroxylation is 1. The Kier molecular flexibility index (Phi) is 7.25. The van der Waals surface area contributed by atoms with Crippen molar-refractivity contribution < 1.29 is 14.3 Å². The molecule has 4 rings (SSSR count). The maximum atomic E-state index is 13.0. The number of aromatic nitrogens is 2. The van der Waals surface area contributed by atoms with E-state index in [9.17, 15) is 14.4 Å². The van der Waals surface area contributed by atoms with Gasteiger partial charge in [0.2, 0.25) is 5.91 Å². The zero-order valence-electron chi connectivity index (χ0n) is 19.6. The van der Waals surface area contributed by atoms with Crippen LogP contribution >= 0.6 is 0 Å². The maximum Gasteiger partial charge on any atom is 0.350 e. The predicted molar refractivity (Wildman–Crippen MR) is 132 cm³/mol. The number of ether oxygens (including phenoxy) is 1. The summed E-state index contributed by atoms with van der Waals surface area (Å²) in [6.07, 6.45) is 2.09. The van der Waals surface area contributed by atoms with Gasteiger partial charge in [0.05, 0.1) is 18.0 Å². The Bertz CT molecular complexity index is 1250. The lowest BCUT2D eigenvalue weighted by molar-refractivity contribution is -0.148. The molecule has 2 heterocycles. The van der Waals surface area contributed by atoms with Crippen LogP contribution in [0.2, 0.25) is 0 Å². The van der Waals surface area contributed by atoms with Crippen molar-refractivity contribution in [2.75, 3.05) is 29.9 Å². The average Bonchev–Trinajstić information content (AvgIpc) is 2.86. The highest BCUT2D eigenvalue weighted by Crippen LogP contribution is 2.28. The van der Waals surface area contributed by atoms with Crippen LogP contribution in [0.15, 0.2) is 53.3 Å². The molecule has 1 aromatic heterocycles. The van der Waals surface area contributed by atoms with E-state index in [-0.39, 0.29) is 24.3 Å². The van der Waals surface area contributed by atoms with Crippen molar-refractivity contribution in [2.45, 2.75) is 39.7 Å². The van der Waals surface area contributed by atoms with Crippen LogP contribution in [-0.4, -0.2) is 41.1 Å². The molecule has 1 aliphatic rings. The third kappa shape index (κ3) is 4.95. The normalized spacial score (nSPS) is 14.2. The molecule has 8 heteroatoms. The molecule has 0 bridgehead atoms. The predicted octanol–water partition coefficient (Wildman–Crippen LogP) is 3.38. The molecule has 2 aromatic carbocycles. The number of para-hydroxylation sites is 2. The second-order valence-electron chi connectivity index (χ2n) is 8.39. The Hall–Kier alpha value is -3.68. The van der Waals surface area contributed by atoms with Crippen LogP contribution < -0.4 is 15.9 Å². The van der Waals surface area contributed by atoms with Gasteiger partial charge in [-0.05, 0) is 49.9 Å². The van der Waals surface area contributed by atoms with Crippen molar-refractivity contribution in [3.8, 4) is 0 Å². The molecule has 1 amide bonds. The molecule has 1 fully saturated rings. The first-order valence-electron chi connectivity index (χ1n) is 11.8. The number of anilines is 2. The standard InChI is InChI=1S/C26H30N4O4/c1-3-18-9-5-7-11-21(18)27-23(31)17-30-22-12-8-6-10-20(22)24(28-26(30)33)29-15-13-19(14-16-29)25(32)34-4-2/h5-12,19H,3-4,13-17H2,1-2H3,(H,27,31). The lowest BCUT2D eigenvalue weighted by atomic mass is 9.97. The van der Waals surface area contributed by atoms with Gasteiger partial charge < -0.3 is 15.0 Å². The van der Waals surface area contributed by atoms with Gasteiger partial charge in [-0.2, -0.15) is 4.98 Å². The second-order valence-corrected chi connectivity index (χ2v) is 8.39. The summed E-state index contributed by atoms with van der Waals surface area (Å²) < 4.78 is 6.57. The molecule has 0 spiro atoms. The molecular weight excluding hydrogens is 432 g/mol. The topological polar surface area (TPSA) is 93.5 Å². The van der Waals surface area contributed by atoms with Gasteiger partial charge in [-0.25, -0.2) is 4.79 Å². The molecule has 178 valence electrons. The number of benzene rings is 2. The molecule has 0 saturated carbocycles. The van der Waals surface area contributed by atoms with E-state index in [2.05, 4.69) is 10.3 Å². The SMILES string of the molecule is CCOC(=O)C1CCN(c2nc(=O)n(CC(=O)Nc3ccccc3CC)c3ccccc23)CC1. The van der Waals surface area contributed by atoms with Crippen LogP contribution in [0.1, 0.15) is 32.3 Å². The van der Waals surface area contributed by atoms with Crippen molar-refractivity contribution >= 4 is 34.3 Å². The maximum absolute atomic E-state index is 13.0. The lowest BCUT2D eigenvalue weighted by Crippen LogP contribution is -2.39. The van der Waals surface area contributed by atoms with Gasteiger partial charge in [0.25, 0.3) is 0 Å². The van der Waals surface area contributed by atoms with Crippen LogP contribution in [0.5, 0.6) is 0 Å². The number of esters is 1. The Morgan fingerprint density at radius 2 is 1.76 bits per heavy atom. The zero-order chi connectivity index (χ0) is 24.1. The van der Waals surface area contributed by atoms with Crippen molar-refractivity contribution in [3.63, 3.8) is 0 Å². The van der Waals surface area contributed by atoms with Crippen LogP contribution in [-0.2, 0) is 27.3 Å². The molecule has 0 aliphatic carbocycles. The van der Waals surface area contributed by atoms with Gasteiger partial charge >= 0.3 is 11.7 Å². The van der Waals surface area contributed by atoms with Crippen LogP contribution in [0.3, 0.4) is 0 Å². The van der Waals surface area contributed by atoms with Crippen molar-refractivity contribution in [3.05, 3.63) is 64.6 Å². The largest absolute Gasteiger partial charge is 0.466 e. The van der Waals surface area contributed by atoms with E-state index in [4.69, 9.17) is 4.74 Å². The van der Waals surface area contributed by atoms with Crippen molar-refractivity contribution in [1.29, 1.82) is 0 Å². The molecular formula is C26H30N4O4. The number of amides is 1. The van der Waals surface area contributed by atoms with E-state index in [1.54, 1.807) is 6.92 Å². The quantitative estimate of drug-likeness (QED) is 0.541. The van der Waals surface area contributed by atoms with Crippen molar-refractivity contribution in [2.24, 2.45) is 5.92 Å². The summed E-state index contributed by atoms with van der Waals surface area (Å²) >= 11 is 0. The first-order valence-corrected chi connectivity index (χ1v) is 11.8. The third-order valence-corrected chi connectivity index (χ3v) is 6.26. The minimum atomic E-state index is -0.472. The van der Waals surface area contributed by atoms with Gasteiger partial charge in [0.1, 0.15) is 12.4 Å². The first kappa shape index (κ1) is 23.5. The monoisotopic (exact) mass is 462 g/mol. The number of hydrogen-bond donors (Lipinski definition) is 1. The van der Waals surface area contributed by atoms with Gasteiger partial charge in [0.15, 0.2) is 0 Å². The number of piperidine rings is 1. The minimum Gasteiger partial charge on any atom is -0.466 e. The summed E-state index contributed by atoms with van der Waals surface area (Å²) in [6.45, 7) is 5.30. The Morgan fingerprint density at radius 3 is 2.50 bits per heavy atom. The number of hydrogen-bond acceptors (Lipinski definition) is 6. The smallest absolute Gasteiger partial charge is 0.350 e. The summed E-state index contributed by atoms with van der Waals surface area (Å²) in [5, 5.41) is 3.73. The molecule has 0 radical (unpaired) electrons. The fourth-order valence-electron chi connectivity index (χ4n) is 4.48. The Balaban J connectivity index is 1.57. The highest BCUT2D eigenvalue weighted by molar-refractivity contribution is 5.94. The van der Waals surface area contributed by atoms with E-state index in [0.29, 0.717) is 43.9 Å². The summed E-state index contributed by atoms with van der Waals surface area (Å²) in [5.41, 5.74) is 1.97. The minimum absolute atomic E-state index is 0.127. The second kappa shape index (κ2) is 10.5. The highest BCUT2D eigenvalue weighted by atomic mass is 16.5. The number of fused-ring (bicyclic) bond motifs is 1. The molecule has 3 aromatic rings. The Morgan fingerprint density at radius 1 is 1.06 bits per heavy atom. The highest BCUT2D eigenvalue weighted by Gasteiger charge is 2.28. The van der Waals surface area contributed by atoms with Crippen LogP contribution in [0.25, 0.3) is 10.9 Å². The fourth-order valence-corrected chi connectivity index (χ4v) is 4.48. The van der Waals surface area contributed by atoms with Gasteiger partial charge in [0, 0.05) is 24.2 Å². The molecule has 0 atom stereocenters. The average molecular weight is 463 g/mol. The summed E-state index contributed by atoms with van der Waals surface area (Å²) in [6, 6.07) is 15.1. The van der Waals surface area contributed by atoms with Gasteiger partial charge in [-0.15, -0.1) is 0 Å². The molecule has 8 nitrogen and oxygen atoms in total. The van der Waals surface area contributed by atoms with E-state index >= 15 is 0 Å². The Labute approximate surface area is 198 Å². The van der Waals surface area contributed by atoms with E-state index in [1.807, 2.05) is 60.4 Å². The number of carbonyl (C=O) groups excluding carboxylic acids is 2. The van der Waals surface area contributed by atoms with Crippen LogP contribution in [0.4, 0.5) is 11.5 Å². The fraction of sp³-hybridized carbons (Fsp3) is 0.385. The third-order valence-electron chi connectivity index (χ3n) is 6.26. The van der Waals surface area contributed by atoms with Gasteiger partial charge in [-0.3, -0.25) is 14.2 Å².